The summed E-state index contributed by atoms with van der Waals surface area (Å²) in [5.41, 5.74) is 3.52. The number of carbonyl (C=O) groups excluding carboxylic acids is 1. The summed E-state index contributed by atoms with van der Waals surface area (Å²) < 4.78 is 4.41. The smallest absolute Gasteiger partial charge is 0.262 e. The van der Waals surface area contributed by atoms with E-state index < -0.39 is 0 Å². The maximum absolute atomic E-state index is 12.4. The van der Waals surface area contributed by atoms with Gasteiger partial charge in [0.1, 0.15) is 6.20 Å². The predicted octanol–water partition coefficient (Wildman–Crippen LogP) is 3.40. The van der Waals surface area contributed by atoms with Gasteiger partial charge in [-0.25, -0.2) is 9.13 Å². The zero-order valence-corrected chi connectivity index (χ0v) is 16.0. The Hall–Kier alpha value is -2.59. The van der Waals surface area contributed by atoms with Gasteiger partial charge in [0, 0.05) is 17.1 Å². The van der Waals surface area contributed by atoms with Gasteiger partial charge < -0.3 is 5.32 Å². The van der Waals surface area contributed by atoms with Crippen molar-refractivity contribution in [2.45, 2.75) is 32.4 Å². The van der Waals surface area contributed by atoms with Crippen LogP contribution < -0.4 is 9.88 Å². The summed E-state index contributed by atoms with van der Waals surface area (Å²) in [6, 6.07) is 18.1. The average Bonchev–Trinajstić information content (AvgIpc) is 3.27. The quantitative estimate of drug-likeness (QED) is 0.654. The molecular formula is C22H23ClN3O+. The third kappa shape index (κ3) is 4.06. The van der Waals surface area contributed by atoms with Gasteiger partial charge in [0.25, 0.3) is 11.7 Å². The molecule has 3 aromatic rings. The molecule has 4 nitrogen and oxygen atoms in total. The first-order valence-electron chi connectivity index (χ1n) is 9.39. The van der Waals surface area contributed by atoms with Crippen molar-refractivity contribution in [2.24, 2.45) is 0 Å². The highest BCUT2D eigenvalue weighted by atomic mass is 35.5. The van der Waals surface area contributed by atoms with Gasteiger partial charge >= 0.3 is 0 Å². The van der Waals surface area contributed by atoms with Crippen LogP contribution in [-0.2, 0) is 30.7 Å². The molecule has 0 radical (unpaired) electrons. The van der Waals surface area contributed by atoms with E-state index in [0.29, 0.717) is 13.1 Å². The van der Waals surface area contributed by atoms with Gasteiger partial charge in [-0.2, -0.15) is 0 Å². The Morgan fingerprint density at radius 3 is 2.67 bits per heavy atom. The van der Waals surface area contributed by atoms with Crippen molar-refractivity contribution in [1.82, 2.24) is 9.88 Å². The minimum Gasteiger partial charge on any atom is -0.352 e. The van der Waals surface area contributed by atoms with Crippen LogP contribution >= 0.6 is 11.6 Å². The molecule has 27 heavy (non-hydrogen) atoms. The molecule has 1 aliphatic heterocycles. The Labute approximate surface area is 164 Å². The number of nitrogens with zero attached hydrogens (tertiary/aromatic N) is 2. The number of aromatic nitrogens is 2. The van der Waals surface area contributed by atoms with Gasteiger partial charge in [-0.15, -0.1) is 0 Å². The van der Waals surface area contributed by atoms with E-state index in [1.807, 2.05) is 42.5 Å². The normalized spacial score (nSPS) is 12.8. The van der Waals surface area contributed by atoms with Crippen LogP contribution in [0.5, 0.6) is 0 Å². The third-order valence-corrected chi connectivity index (χ3v) is 5.28. The highest BCUT2D eigenvalue weighted by Gasteiger charge is 2.29. The number of carbonyl (C=O) groups is 1. The number of nitrogens with one attached hydrogen (secondary N) is 1. The minimum atomic E-state index is 0.0545. The SMILES string of the molecule is O=C(C[n+]1cc(-c2ccc(Cl)cc2)n2c1CCC2)NCCc1ccccc1. The number of imidazole rings is 1. The van der Waals surface area contributed by atoms with Gasteiger partial charge in [-0.1, -0.05) is 41.9 Å². The fraction of sp³-hybridized carbons (Fsp3) is 0.273. The molecular weight excluding hydrogens is 358 g/mol. The lowest BCUT2D eigenvalue weighted by Gasteiger charge is -2.04. The molecule has 0 spiro atoms. The number of halogens is 1. The first-order chi connectivity index (χ1) is 13.2. The van der Waals surface area contributed by atoms with E-state index in [1.54, 1.807) is 0 Å². The lowest BCUT2D eigenvalue weighted by atomic mass is 10.1. The van der Waals surface area contributed by atoms with Crippen molar-refractivity contribution in [3.8, 4) is 11.3 Å². The molecule has 0 unspecified atom stereocenters. The van der Waals surface area contributed by atoms with Crippen LogP contribution in [0.4, 0.5) is 0 Å². The summed E-state index contributed by atoms with van der Waals surface area (Å²) in [6.07, 6.45) is 5.06. The summed E-state index contributed by atoms with van der Waals surface area (Å²) >= 11 is 6.02. The maximum Gasteiger partial charge on any atom is 0.262 e. The molecule has 2 aromatic carbocycles. The van der Waals surface area contributed by atoms with Crippen molar-refractivity contribution in [1.29, 1.82) is 0 Å². The van der Waals surface area contributed by atoms with E-state index in [9.17, 15) is 4.79 Å². The molecule has 5 heteroatoms. The van der Waals surface area contributed by atoms with E-state index >= 15 is 0 Å². The first kappa shape index (κ1) is 17.8. The van der Waals surface area contributed by atoms with E-state index in [0.717, 1.165) is 42.1 Å². The molecule has 1 amide bonds. The maximum atomic E-state index is 12.4. The average molecular weight is 381 g/mol. The van der Waals surface area contributed by atoms with Crippen molar-refractivity contribution in [3.63, 3.8) is 0 Å². The highest BCUT2D eigenvalue weighted by Crippen LogP contribution is 2.25. The van der Waals surface area contributed by atoms with E-state index in [-0.39, 0.29) is 5.91 Å². The molecule has 0 fully saturated rings. The Morgan fingerprint density at radius 1 is 1.11 bits per heavy atom. The number of rotatable bonds is 6. The molecule has 0 saturated heterocycles. The van der Waals surface area contributed by atoms with Crippen LogP contribution in [0.2, 0.25) is 5.02 Å². The van der Waals surface area contributed by atoms with Crippen LogP contribution in [0.15, 0.2) is 60.8 Å². The number of fused-ring (bicyclic) bond motifs is 1. The van der Waals surface area contributed by atoms with Crippen LogP contribution in [0.25, 0.3) is 11.3 Å². The Bertz CT molecular complexity index is 932. The molecule has 2 heterocycles. The lowest BCUT2D eigenvalue weighted by molar-refractivity contribution is -0.690. The van der Waals surface area contributed by atoms with Gasteiger partial charge in [0.15, 0.2) is 12.2 Å². The summed E-state index contributed by atoms with van der Waals surface area (Å²) in [5, 5.41) is 3.77. The zero-order chi connectivity index (χ0) is 18.6. The van der Waals surface area contributed by atoms with E-state index in [4.69, 9.17) is 11.6 Å². The molecule has 1 aliphatic rings. The van der Waals surface area contributed by atoms with Crippen LogP contribution in [0.1, 0.15) is 17.8 Å². The monoisotopic (exact) mass is 380 g/mol. The fourth-order valence-electron chi connectivity index (χ4n) is 3.70. The van der Waals surface area contributed by atoms with Gasteiger partial charge in [-0.3, -0.25) is 4.79 Å². The summed E-state index contributed by atoms with van der Waals surface area (Å²) in [4.78, 5) is 12.4. The third-order valence-electron chi connectivity index (χ3n) is 5.03. The van der Waals surface area contributed by atoms with Gasteiger partial charge in [-0.05, 0) is 42.7 Å². The topological polar surface area (TPSA) is 37.9 Å². The molecule has 0 saturated carbocycles. The van der Waals surface area contributed by atoms with E-state index in [2.05, 4.69) is 32.8 Å². The molecule has 1 aromatic heterocycles. The second-order valence-electron chi connectivity index (χ2n) is 6.91. The summed E-state index contributed by atoms with van der Waals surface area (Å²) in [6.45, 7) is 2.01. The number of hydrogen-bond donors (Lipinski definition) is 1. The van der Waals surface area contributed by atoms with Gasteiger partial charge in [0.05, 0.1) is 13.0 Å². The Balaban J connectivity index is 1.44. The molecule has 4 rings (SSSR count). The molecule has 0 aliphatic carbocycles. The first-order valence-corrected chi connectivity index (χ1v) is 9.77. The van der Waals surface area contributed by atoms with E-state index in [1.165, 1.54) is 11.4 Å². The fourth-order valence-corrected chi connectivity index (χ4v) is 3.82. The Kier molecular flexibility index (Phi) is 5.26. The van der Waals surface area contributed by atoms with Crippen molar-refractivity contribution in [2.75, 3.05) is 6.54 Å². The molecule has 0 bridgehead atoms. The van der Waals surface area contributed by atoms with Crippen molar-refractivity contribution < 1.29 is 9.36 Å². The number of benzene rings is 2. The summed E-state index contributed by atoms with van der Waals surface area (Å²) in [5.74, 6) is 1.28. The van der Waals surface area contributed by atoms with Crippen molar-refractivity contribution in [3.05, 3.63) is 77.2 Å². The van der Waals surface area contributed by atoms with Crippen molar-refractivity contribution >= 4 is 17.5 Å². The lowest BCUT2D eigenvalue weighted by Crippen LogP contribution is -2.44. The van der Waals surface area contributed by atoms with Crippen LogP contribution in [-0.4, -0.2) is 17.0 Å². The zero-order valence-electron chi connectivity index (χ0n) is 15.2. The van der Waals surface area contributed by atoms with Crippen LogP contribution in [0.3, 0.4) is 0 Å². The number of amides is 1. The molecule has 1 N–H and O–H groups in total. The highest BCUT2D eigenvalue weighted by molar-refractivity contribution is 6.30. The molecule has 138 valence electrons. The van der Waals surface area contributed by atoms with Gasteiger partial charge in [0.2, 0.25) is 0 Å². The molecule has 0 atom stereocenters. The largest absolute Gasteiger partial charge is 0.352 e. The predicted molar refractivity (Wildman–Crippen MR) is 107 cm³/mol. The Morgan fingerprint density at radius 2 is 1.89 bits per heavy atom. The second-order valence-corrected chi connectivity index (χ2v) is 7.34. The second kappa shape index (κ2) is 7.97. The number of hydrogen-bond acceptors (Lipinski definition) is 1. The van der Waals surface area contributed by atoms with Crippen LogP contribution in [0, 0.1) is 0 Å². The summed E-state index contributed by atoms with van der Waals surface area (Å²) in [7, 11) is 0. The standard InChI is InChI=1S/C22H22ClN3O/c23-19-10-8-18(9-11-19)20-15-25(22-7-4-14-26(20)22)16-21(27)24-13-12-17-5-2-1-3-6-17/h1-3,5-6,8-11,15H,4,7,12-14,16H2/p+1. The minimum absolute atomic E-state index is 0.0545.